The fourth-order valence-corrected chi connectivity index (χ4v) is 3.52. The molecule has 2 heterocycles. The number of para-hydroxylation sites is 2. The quantitative estimate of drug-likeness (QED) is 0.502. The predicted molar refractivity (Wildman–Crippen MR) is 94.8 cm³/mol. The summed E-state index contributed by atoms with van der Waals surface area (Å²) >= 11 is 1.40. The van der Waals surface area contributed by atoms with Crippen LogP contribution in [-0.4, -0.2) is 29.6 Å². The van der Waals surface area contributed by atoms with Crippen molar-refractivity contribution in [3.8, 4) is 0 Å². The number of esters is 2. The second kappa shape index (κ2) is 7.21. The van der Waals surface area contributed by atoms with E-state index in [1.165, 1.54) is 11.8 Å². The molecule has 3 aromatic rings. The number of hydrogen-bond acceptors (Lipinski definition) is 7. The van der Waals surface area contributed by atoms with Crippen molar-refractivity contribution >= 4 is 34.8 Å². The minimum absolute atomic E-state index is 0.284. The summed E-state index contributed by atoms with van der Waals surface area (Å²) in [6.07, 6.45) is -0.426. The monoisotopic (exact) mass is 369 g/mol. The molecule has 0 unspecified atom stereocenters. The zero-order valence-corrected chi connectivity index (χ0v) is 14.5. The van der Waals surface area contributed by atoms with Crippen LogP contribution in [0.1, 0.15) is 22.3 Å². The molecular weight excluding hydrogens is 354 g/mol. The van der Waals surface area contributed by atoms with E-state index >= 15 is 0 Å². The van der Waals surface area contributed by atoms with Gasteiger partial charge in [-0.15, -0.1) is 0 Å². The Kier molecular flexibility index (Phi) is 4.62. The summed E-state index contributed by atoms with van der Waals surface area (Å²) in [6.45, 7) is 0.284. The van der Waals surface area contributed by atoms with E-state index in [9.17, 15) is 9.59 Å². The number of cyclic esters (lactones) is 1. The molecule has 6 nitrogen and oxygen atoms in total. The summed E-state index contributed by atoms with van der Waals surface area (Å²) in [7, 11) is 0. The number of carbonyl (C=O) groups is 2. The summed E-state index contributed by atoms with van der Waals surface area (Å²) in [4.78, 5) is 28.4. The summed E-state index contributed by atoms with van der Waals surface area (Å²) in [5.74, 6) is -0.521. The smallest absolute Gasteiger partial charge is 0.347 e. The van der Waals surface area contributed by atoms with E-state index in [0.29, 0.717) is 23.0 Å². The van der Waals surface area contributed by atoms with E-state index < -0.39 is 18.0 Å². The highest BCUT2D eigenvalue weighted by atomic mass is 32.2. The van der Waals surface area contributed by atoms with Crippen LogP contribution in [0.5, 0.6) is 0 Å². The number of thioether (sulfide) groups is 1. The van der Waals surface area contributed by atoms with E-state index in [2.05, 4.69) is 4.98 Å². The largest absolute Gasteiger partial charge is 0.463 e. The molecule has 1 saturated heterocycles. The SMILES string of the molecule is O=C(O[C@H]1CCOC1=O)c1ccccc1CSc1nc2ccccc2o1. The maximum Gasteiger partial charge on any atom is 0.347 e. The van der Waals surface area contributed by atoms with Gasteiger partial charge in [0.15, 0.2) is 5.58 Å². The molecule has 0 aliphatic carbocycles. The Labute approximate surface area is 153 Å². The first-order chi connectivity index (χ1) is 12.7. The first kappa shape index (κ1) is 16.7. The molecule has 26 heavy (non-hydrogen) atoms. The first-order valence-corrected chi connectivity index (χ1v) is 9.13. The Morgan fingerprint density at radius 2 is 2.00 bits per heavy atom. The number of benzene rings is 2. The van der Waals surface area contributed by atoms with Crippen LogP contribution in [0, 0.1) is 0 Å². The van der Waals surface area contributed by atoms with Crippen molar-refractivity contribution in [2.75, 3.05) is 6.61 Å². The Morgan fingerprint density at radius 1 is 1.19 bits per heavy atom. The Bertz CT molecular complexity index is 934. The third kappa shape index (κ3) is 3.43. The van der Waals surface area contributed by atoms with Crippen molar-refractivity contribution in [1.82, 2.24) is 4.98 Å². The number of aromatic nitrogens is 1. The lowest BCUT2D eigenvalue weighted by Gasteiger charge is -2.11. The van der Waals surface area contributed by atoms with Gasteiger partial charge >= 0.3 is 11.9 Å². The number of fused-ring (bicyclic) bond motifs is 1. The fraction of sp³-hybridized carbons (Fsp3) is 0.211. The van der Waals surface area contributed by atoms with E-state index in [1.54, 1.807) is 12.1 Å². The molecular formula is C19H15NO5S. The number of nitrogens with zero attached hydrogens (tertiary/aromatic N) is 1. The molecule has 0 amide bonds. The van der Waals surface area contributed by atoms with Gasteiger partial charge in [-0.2, -0.15) is 0 Å². The number of oxazole rings is 1. The number of rotatable bonds is 5. The molecule has 0 bridgehead atoms. The van der Waals surface area contributed by atoms with E-state index in [-0.39, 0.29) is 6.61 Å². The third-order valence-corrected chi connectivity index (χ3v) is 4.88. The molecule has 2 aromatic carbocycles. The van der Waals surface area contributed by atoms with Crippen molar-refractivity contribution in [3.63, 3.8) is 0 Å². The average Bonchev–Trinajstić information content (AvgIpc) is 3.26. The van der Waals surface area contributed by atoms with Gasteiger partial charge in [0, 0.05) is 12.2 Å². The lowest BCUT2D eigenvalue weighted by Crippen LogP contribution is -2.23. The van der Waals surface area contributed by atoms with Crippen LogP contribution in [0.4, 0.5) is 0 Å². The zero-order valence-electron chi connectivity index (χ0n) is 13.7. The lowest BCUT2D eigenvalue weighted by molar-refractivity contribution is -0.145. The number of ether oxygens (including phenoxy) is 2. The number of carbonyl (C=O) groups excluding carboxylic acids is 2. The fourth-order valence-electron chi connectivity index (χ4n) is 2.67. The molecule has 0 spiro atoms. The lowest BCUT2D eigenvalue weighted by atomic mass is 10.1. The molecule has 0 radical (unpaired) electrons. The molecule has 1 atom stereocenters. The van der Waals surface area contributed by atoms with E-state index in [1.807, 2.05) is 36.4 Å². The molecule has 0 N–H and O–H groups in total. The van der Waals surface area contributed by atoms with Crippen molar-refractivity contribution in [1.29, 1.82) is 0 Å². The van der Waals surface area contributed by atoms with Crippen LogP contribution in [0.15, 0.2) is 58.2 Å². The Morgan fingerprint density at radius 3 is 2.81 bits per heavy atom. The predicted octanol–water partition coefficient (Wildman–Crippen LogP) is 3.59. The molecule has 1 aliphatic heterocycles. The van der Waals surface area contributed by atoms with Gasteiger partial charge in [-0.1, -0.05) is 42.1 Å². The topological polar surface area (TPSA) is 78.6 Å². The van der Waals surface area contributed by atoms with Crippen LogP contribution < -0.4 is 0 Å². The highest BCUT2D eigenvalue weighted by Crippen LogP contribution is 2.27. The van der Waals surface area contributed by atoms with E-state index in [4.69, 9.17) is 13.9 Å². The second-order valence-corrected chi connectivity index (χ2v) is 6.67. The van der Waals surface area contributed by atoms with Crippen molar-refractivity contribution in [2.24, 2.45) is 0 Å². The van der Waals surface area contributed by atoms with Gasteiger partial charge in [-0.3, -0.25) is 0 Å². The molecule has 4 rings (SSSR count). The summed E-state index contributed by atoms with van der Waals surface area (Å²) in [5.41, 5.74) is 2.73. The molecule has 132 valence electrons. The standard InChI is InChI=1S/C19H15NO5S/c21-17(24-16-9-10-23-18(16)22)13-6-2-1-5-12(13)11-26-19-20-14-7-3-4-8-15(14)25-19/h1-8,16H,9-11H2/t16-/m0/s1. The van der Waals surface area contributed by atoms with Crippen LogP contribution in [0.2, 0.25) is 0 Å². The maximum atomic E-state index is 12.4. The maximum absolute atomic E-state index is 12.4. The molecule has 1 fully saturated rings. The van der Waals surface area contributed by atoms with Gasteiger partial charge < -0.3 is 13.9 Å². The van der Waals surface area contributed by atoms with Gasteiger partial charge in [0.2, 0.25) is 6.10 Å². The van der Waals surface area contributed by atoms with Crippen LogP contribution >= 0.6 is 11.8 Å². The Hall–Kier alpha value is -2.80. The normalized spacial score (nSPS) is 16.6. The zero-order chi connectivity index (χ0) is 17.9. The highest BCUT2D eigenvalue weighted by Gasteiger charge is 2.31. The minimum Gasteiger partial charge on any atom is -0.463 e. The molecule has 1 aliphatic rings. The highest BCUT2D eigenvalue weighted by molar-refractivity contribution is 7.98. The van der Waals surface area contributed by atoms with Crippen molar-refractivity contribution in [3.05, 3.63) is 59.7 Å². The van der Waals surface area contributed by atoms with E-state index in [0.717, 1.165) is 16.7 Å². The Balaban J connectivity index is 1.48. The van der Waals surface area contributed by atoms with Gasteiger partial charge in [0.1, 0.15) is 5.52 Å². The van der Waals surface area contributed by atoms with Crippen LogP contribution in [0.25, 0.3) is 11.1 Å². The summed E-state index contributed by atoms with van der Waals surface area (Å²) in [6, 6.07) is 14.7. The first-order valence-electron chi connectivity index (χ1n) is 8.14. The van der Waals surface area contributed by atoms with Gasteiger partial charge in [0.05, 0.1) is 12.2 Å². The second-order valence-electron chi connectivity index (χ2n) is 5.74. The summed E-state index contributed by atoms with van der Waals surface area (Å²) in [5, 5.41) is 0.536. The molecule has 1 aromatic heterocycles. The third-order valence-electron chi connectivity index (χ3n) is 4.00. The minimum atomic E-state index is -0.819. The van der Waals surface area contributed by atoms with Gasteiger partial charge in [-0.25, -0.2) is 14.6 Å². The average molecular weight is 369 g/mol. The van der Waals surface area contributed by atoms with Gasteiger partial charge in [0.25, 0.3) is 5.22 Å². The number of hydrogen-bond donors (Lipinski definition) is 0. The molecule has 7 heteroatoms. The summed E-state index contributed by atoms with van der Waals surface area (Å²) < 4.78 is 15.8. The van der Waals surface area contributed by atoms with Crippen LogP contribution in [0.3, 0.4) is 0 Å². The molecule has 0 saturated carbocycles. The van der Waals surface area contributed by atoms with Crippen molar-refractivity contribution < 1.29 is 23.5 Å². The van der Waals surface area contributed by atoms with Crippen LogP contribution in [-0.2, 0) is 20.0 Å². The van der Waals surface area contributed by atoms with Gasteiger partial charge in [-0.05, 0) is 23.8 Å². The van der Waals surface area contributed by atoms with Crippen molar-refractivity contribution in [2.45, 2.75) is 23.5 Å².